The highest BCUT2D eigenvalue weighted by atomic mass is 16.4. The molecule has 10 heteroatoms. The molecule has 5 aromatic rings. The van der Waals surface area contributed by atoms with Crippen LogP contribution in [-0.4, -0.2) is 35.1 Å². The number of fused-ring (bicyclic) bond motifs is 1. The van der Waals surface area contributed by atoms with Crippen LogP contribution in [0.2, 0.25) is 0 Å². The zero-order chi connectivity index (χ0) is 22.9. The second kappa shape index (κ2) is 8.14. The highest BCUT2D eigenvalue weighted by Gasteiger charge is 2.26. The third-order valence-corrected chi connectivity index (χ3v) is 5.08. The van der Waals surface area contributed by atoms with Crippen molar-refractivity contribution in [1.82, 2.24) is 29.9 Å². The van der Waals surface area contributed by atoms with E-state index in [1.165, 1.54) is 4.80 Å². The summed E-state index contributed by atoms with van der Waals surface area (Å²) in [5.74, 6) is 0.895. The molecule has 0 saturated carbocycles. The Labute approximate surface area is 188 Å². The van der Waals surface area contributed by atoms with Crippen LogP contribution in [0.4, 0.5) is 5.82 Å². The molecule has 0 aliphatic heterocycles. The second-order valence-electron chi connectivity index (χ2n) is 7.33. The molecule has 5 rings (SSSR count). The minimum absolute atomic E-state index is 0.181. The van der Waals surface area contributed by atoms with Crippen LogP contribution in [0.3, 0.4) is 0 Å². The predicted octanol–water partition coefficient (Wildman–Crippen LogP) is 2.85. The Bertz CT molecular complexity index is 1520. The average molecular weight is 438 g/mol. The van der Waals surface area contributed by atoms with E-state index in [-0.39, 0.29) is 12.4 Å². The van der Waals surface area contributed by atoms with Gasteiger partial charge in [0.05, 0.1) is 35.2 Å². The highest BCUT2D eigenvalue weighted by Crippen LogP contribution is 2.39. The quantitative estimate of drug-likeness (QED) is 0.422. The summed E-state index contributed by atoms with van der Waals surface area (Å²) < 4.78 is 5.88. The monoisotopic (exact) mass is 438 g/mol. The number of hydrogen-bond acceptors (Lipinski definition) is 9. The summed E-state index contributed by atoms with van der Waals surface area (Å²) in [7, 11) is 0. The Hall–Kier alpha value is -4.62. The molecule has 3 N–H and O–H groups in total. The predicted molar refractivity (Wildman–Crippen MR) is 119 cm³/mol. The molecule has 0 radical (unpaired) electrons. The average Bonchev–Trinajstić information content (AvgIpc) is 3.43. The third-order valence-electron chi connectivity index (χ3n) is 5.08. The van der Waals surface area contributed by atoms with Crippen molar-refractivity contribution in [2.75, 3.05) is 5.73 Å². The fraction of sp³-hybridized carbons (Fsp3) is 0.130. The van der Waals surface area contributed by atoms with Crippen molar-refractivity contribution in [3.05, 3.63) is 71.5 Å². The van der Waals surface area contributed by atoms with E-state index < -0.39 is 0 Å². The molecule has 4 heterocycles. The maximum atomic E-state index is 9.90. The number of aromatic nitrogens is 6. The van der Waals surface area contributed by atoms with Gasteiger partial charge in [0.2, 0.25) is 0 Å². The lowest BCUT2D eigenvalue weighted by Crippen LogP contribution is -2.05. The normalized spacial score (nSPS) is 11.1. The summed E-state index contributed by atoms with van der Waals surface area (Å²) in [4.78, 5) is 14.7. The maximum Gasteiger partial charge on any atom is 0.192 e. The largest absolute Gasteiger partial charge is 0.440 e. The third kappa shape index (κ3) is 3.66. The lowest BCUT2D eigenvalue weighted by atomic mass is 10.00. The summed E-state index contributed by atoms with van der Waals surface area (Å²) in [6.45, 7) is 1.69. The molecule has 0 atom stereocenters. The number of aliphatic hydroxyl groups excluding tert-OH is 1. The number of hydrogen-bond donors (Lipinski definition) is 2. The molecule has 10 nitrogen and oxygen atoms in total. The summed E-state index contributed by atoms with van der Waals surface area (Å²) in [5.41, 5.74) is 10.3. The molecule has 0 aliphatic rings. The molecule has 4 aromatic heterocycles. The molecular weight excluding hydrogens is 420 g/mol. The Morgan fingerprint density at radius 3 is 2.73 bits per heavy atom. The Morgan fingerprint density at radius 2 is 1.97 bits per heavy atom. The van der Waals surface area contributed by atoms with Crippen LogP contribution in [-0.2, 0) is 13.2 Å². The number of oxazole rings is 1. The summed E-state index contributed by atoms with van der Waals surface area (Å²) in [5, 5.41) is 28.5. The van der Waals surface area contributed by atoms with Gasteiger partial charge in [0, 0.05) is 18.7 Å². The Kier molecular flexibility index (Phi) is 5.01. The van der Waals surface area contributed by atoms with Gasteiger partial charge in [-0.05, 0) is 24.3 Å². The van der Waals surface area contributed by atoms with Crippen LogP contribution in [0.1, 0.15) is 22.8 Å². The summed E-state index contributed by atoms with van der Waals surface area (Å²) >= 11 is 0. The zero-order valence-corrected chi connectivity index (χ0v) is 17.6. The van der Waals surface area contributed by atoms with Crippen LogP contribution >= 0.6 is 0 Å². The number of nitriles is 1. The van der Waals surface area contributed by atoms with E-state index in [1.54, 1.807) is 31.3 Å². The van der Waals surface area contributed by atoms with Crippen molar-refractivity contribution in [3.8, 4) is 28.7 Å². The minimum atomic E-state index is -0.335. The number of aryl methyl sites for hydroxylation is 1. The van der Waals surface area contributed by atoms with Crippen LogP contribution in [0.25, 0.3) is 33.6 Å². The van der Waals surface area contributed by atoms with Gasteiger partial charge in [-0.2, -0.15) is 15.2 Å². The number of benzene rings is 1. The first-order chi connectivity index (χ1) is 16.1. The Morgan fingerprint density at radius 1 is 1.12 bits per heavy atom. The van der Waals surface area contributed by atoms with Gasteiger partial charge in [0.1, 0.15) is 17.8 Å². The zero-order valence-electron chi connectivity index (χ0n) is 17.6. The molecule has 0 spiro atoms. The molecule has 0 amide bonds. The molecule has 33 heavy (non-hydrogen) atoms. The Balaban J connectivity index is 1.79. The minimum Gasteiger partial charge on any atom is -0.440 e. The lowest BCUT2D eigenvalue weighted by molar-refractivity contribution is 0.277. The van der Waals surface area contributed by atoms with E-state index in [9.17, 15) is 10.4 Å². The van der Waals surface area contributed by atoms with Gasteiger partial charge < -0.3 is 15.3 Å². The standard InChI is InChI=1S/C23H18N8O2/c1-13-27-17(12-32)22(33-13)18-19(15-6-4-5-14(9-15)10-24)28-23(25)21-20(18)29-31(30-21)11-16-7-2-3-8-26-16/h2-9,32H,11-12H2,1H3,(H2,25,28). The van der Waals surface area contributed by atoms with Crippen LogP contribution in [0.5, 0.6) is 0 Å². The first kappa shape index (κ1) is 20.3. The van der Waals surface area contributed by atoms with Crippen LogP contribution < -0.4 is 5.73 Å². The molecule has 0 saturated heterocycles. The maximum absolute atomic E-state index is 9.90. The second-order valence-corrected chi connectivity index (χ2v) is 7.33. The highest BCUT2D eigenvalue weighted by molar-refractivity contribution is 6.02. The number of nitrogen functional groups attached to an aromatic ring is 1. The van der Waals surface area contributed by atoms with E-state index >= 15 is 0 Å². The molecule has 0 unspecified atom stereocenters. The van der Waals surface area contributed by atoms with Gasteiger partial charge in [0.15, 0.2) is 23.0 Å². The SMILES string of the molecule is Cc1nc(CO)c(-c2c(-c3cccc(C#N)c3)nc(N)c3nn(Cc4ccccn4)nc23)o1. The smallest absolute Gasteiger partial charge is 0.192 e. The van der Waals surface area contributed by atoms with Gasteiger partial charge in [0.25, 0.3) is 0 Å². The van der Waals surface area contributed by atoms with E-state index in [0.717, 1.165) is 5.69 Å². The number of pyridine rings is 2. The number of rotatable bonds is 5. The van der Waals surface area contributed by atoms with Crippen molar-refractivity contribution in [3.63, 3.8) is 0 Å². The topological polar surface area (TPSA) is 153 Å². The fourth-order valence-corrected chi connectivity index (χ4v) is 3.67. The van der Waals surface area contributed by atoms with Gasteiger partial charge in [-0.15, -0.1) is 5.10 Å². The van der Waals surface area contributed by atoms with Crippen molar-refractivity contribution < 1.29 is 9.52 Å². The summed E-state index contributed by atoms with van der Waals surface area (Å²) in [6, 6.07) is 14.7. The summed E-state index contributed by atoms with van der Waals surface area (Å²) in [6.07, 6.45) is 1.70. The lowest BCUT2D eigenvalue weighted by Gasteiger charge is -2.10. The van der Waals surface area contributed by atoms with Crippen molar-refractivity contribution >= 4 is 16.9 Å². The molecule has 0 aliphatic carbocycles. The van der Waals surface area contributed by atoms with Crippen molar-refractivity contribution in [2.45, 2.75) is 20.1 Å². The molecule has 0 bridgehead atoms. The molecule has 162 valence electrons. The van der Waals surface area contributed by atoms with Gasteiger partial charge >= 0.3 is 0 Å². The van der Waals surface area contributed by atoms with E-state index in [0.29, 0.717) is 57.3 Å². The fourth-order valence-electron chi connectivity index (χ4n) is 3.67. The van der Waals surface area contributed by atoms with Gasteiger partial charge in [-0.25, -0.2) is 9.97 Å². The number of anilines is 1. The van der Waals surface area contributed by atoms with E-state index in [4.69, 9.17) is 10.2 Å². The van der Waals surface area contributed by atoms with Gasteiger partial charge in [-0.3, -0.25) is 4.98 Å². The van der Waals surface area contributed by atoms with Crippen molar-refractivity contribution in [2.24, 2.45) is 0 Å². The number of aliphatic hydroxyl groups is 1. The molecule has 0 fully saturated rings. The van der Waals surface area contributed by atoms with Crippen molar-refractivity contribution in [1.29, 1.82) is 5.26 Å². The molecular formula is C23H18N8O2. The first-order valence-corrected chi connectivity index (χ1v) is 10.1. The first-order valence-electron chi connectivity index (χ1n) is 10.1. The molecule has 1 aromatic carbocycles. The van der Waals surface area contributed by atoms with E-state index in [2.05, 4.69) is 31.2 Å². The number of nitrogens with two attached hydrogens (primary N) is 1. The van der Waals surface area contributed by atoms with E-state index in [1.807, 2.05) is 24.3 Å². The number of nitrogens with zero attached hydrogens (tertiary/aromatic N) is 7. The van der Waals surface area contributed by atoms with Crippen LogP contribution in [0, 0.1) is 18.3 Å². The van der Waals surface area contributed by atoms with Gasteiger partial charge in [-0.1, -0.05) is 18.2 Å². The van der Waals surface area contributed by atoms with Crippen LogP contribution in [0.15, 0.2) is 53.1 Å².